The van der Waals surface area contributed by atoms with Crippen molar-refractivity contribution in [3.8, 4) is 0 Å². The fourth-order valence-corrected chi connectivity index (χ4v) is 1.70. The van der Waals surface area contributed by atoms with Crippen LogP contribution in [0.25, 0.3) is 0 Å². The Hall–Kier alpha value is -1.88. The van der Waals surface area contributed by atoms with E-state index >= 15 is 0 Å². The van der Waals surface area contributed by atoms with Gasteiger partial charge in [-0.1, -0.05) is 12.1 Å². The monoisotopic (exact) mass is 220 g/mol. The number of hydrogen-bond donors (Lipinski definition) is 1. The lowest BCUT2D eigenvalue weighted by atomic mass is 10.1. The highest BCUT2D eigenvalue weighted by Gasteiger charge is 2.30. The van der Waals surface area contributed by atoms with Crippen molar-refractivity contribution in [3.63, 3.8) is 0 Å². The van der Waals surface area contributed by atoms with Crippen LogP contribution in [-0.2, 0) is 27.4 Å². The molecule has 2 rings (SSSR count). The molecule has 0 saturated carbocycles. The number of benzene rings is 1. The average molecular weight is 220 g/mol. The number of carbonyl (C=O) groups excluding carboxylic acids is 2. The van der Waals surface area contributed by atoms with Crippen molar-refractivity contribution in [3.05, 3.63) is 29.3 Å². The summed E-state index contributed by atoms with van der Waals surface area (Å²) in [5.74, 6) is -0.747. The molecule has 0 aromatic heterocycles. The zero-order valence-corrected chi connectivity index (χ0v) is 8.90. The number of anilines is 1. The molecule has 0 bridgehead atoms. The van der Waals surface area contributed by atoms with Crippen LogP contribution in [0.15, 0.2) is 18.2 Å². The van der Waals surface area contributed by atoms with Crippen LogP contribution in [0.4, 0.5) is 5.69 Å². The van der Waals surface area contributed by atoms with E-state index in [2.05, 4.69) is 0 Å². The topological polar surface area (TPSA) is 72.6 Å². The van der Waals surface area contributed by atoms with Gasteiger partial charge in [-0.15, -0.1) is 5.06 Å². The third-order valence-electron chi connectivity index (χ3n) is 2.39. The number of hydrogen-bond acceptors (Lipinski definition) is 4. The largest absolute Gasteiger partial charge is 0.333 e. The van der Waals surface area contributed by atoms with Gasteiger partial charge < -0.3 is 10.6 Å². The summed E-state index contributed by atoms with van der Waals surface area (Å²) in [6.45, 7) is 1.69. The molecule has 1 aromatic rings. The molecule has 5 heteroatoms. The Bertz CT molecular complexity index is 457. The highest BCUT2D eigenvalue weighted by molar-refractivity contribution is 6.00. The molecule has 0 atom stereocenters. The highest BCUT2D eigenvalue weighted by atomic mass is 16.7. The fourth-order valence-electron chi connectivity index (χ4n) is 1.70. The Balaban J connectivity index is 2.34. The van der Waals surface area contributed by atoms with E-state index in [0.717, 1.165) is 16.2 Å². The normalized spacial score (nSPS) is 13.9. The molecule has 1 aliphatic heterocycles. The van der Waals surface area contributed by atoms with E-state index in [9.17, 15) is 9.59 Å². The second-order valence-corrected chi connectivity index (χ2v) is 3.61. The summed E-state index contributed by atoms with van der Waals surface area (Å²) in [7, 11) is 0. The summed E-state index contributed by atoms with van der Waals surface area (Å²) >= 11 is 0. The molecule has 1 amide bonds. The van der Waals surface area contributed by atoms with E-state index in [1.165, 1.54) is 6.92 Å². The van der Waals surface area contributed by atoms with Crippen LogP contribution >= 0.6 is 0 Å². The standard InChI is InChI=1S/C11H12N2O3/c1-7(14)16-13-10-3-2-8(6-12)4-9(10)5-11(13)15/h2-4H,5-6,12H2,1H3. The van der Waals surface area contributed by atoms with Gasteiger partial charge in [-0.3, -0.25) is 4.79 Å². The molecular weight excluding hydrogens is 208 g/mol. The Kier molecular flexibility index (Phi) is 2.62. The molecule has 84 valence electrons. The van der Waals surface area contributed by atoms with Crippen LogP contribution in [0.5, 0.6) is 0 Å². The summed E-state index contributed by atoms with van der Waals surface area (Å²) in [6, 6.07) is 5.41. The number of hydroxylamine groups is 1. The molecule has 0 spiro atoms. The zero-order valence-electron chi connectivity index (χ0n) is 8.90. The quantitative estimate of drug-likeness (QED) is 0.788. The Morgan fingerprint density at radius 1 is 1.56 bits per heavy atom. The number of carbonyl (C=O) groups is 2. The molecule has 0 fully saturated rings. The number of nitrogens with two attached hydrogens (primary N) is 1. The van der Waals surface area contributed by atoms with Gasteiger partial charge >= 0.3 is 5.97 Å². The summed E-state index contributed by atoms with van der Waals surface area (Å²) in [4.78, 5) is 27.3. The molecule has 5 nitrogen and oxygen atoms in total. The van der Waals surface area contributed by atoms with Crippen LogP contribution in [-0.4, -0.2) is 11.9 Å². The van der Waals surface area contributed by atoms with Crippen LogP contribution in [0.2, 0.25) is 0 Å². The summed E-state index contributed by atoms with van der Waals surface area (Å²) < 4.78 is 0. The van der Waals surface area contributed by atoms with Crippen molar-refractivity contribution in [2.75, 3.05) is 5.06 Å². The third-order valence-corrected chi connectivity index (χ3v) is 2.39. The number of nitrogens with zero attached hydrogens (tertiary/aromatic N) is 1. The van der Waals surface area contributed by atoms with Crippen molar-refractivity contribution >= 4 is 17.6 Å². The van der Waals surface area contributed by atoms with E-state index in [-0.39, 0.29) is 12.3 Å². The molecule has 16 heavy (non-hydrogen) atoms. The Labute approximate surface area is 92.7 Å². The Morgan fingerprint density at radius 3 is 2.94 bits per heavy atom. The second-order valence-electron chi connectivity index (χ2n) is 3.61. The first-order chi connectivity index (χ1) is 7.61. The van der Waals surface area contributed by atoms with Crippen LogP contribution in [0, 0.1) is 0 Å². The van der Waals surface area contributed by atoms with Gasteiger partial charge in [-0.2, -0.15) is 0 Å². The summed E-state index contributed by atoms with van der Waals surface area (Å²) in [6.07, 6.45) is 0.246. The van der Waals surface area contributed by atoms with Crippen LogP contribution in [0.3, 0.4) is 0 Å². The fraction of sp³-hybridized carbons (Fsp3) is 0.273. The molecule has 1 aliphatic rings. The van der Waals surface area contributed by atoms with E-state index in [1.54, 1.807) is 6.07 Å². The molecule has 1 heterocycles. The minimum Gasteiger partial charge on any atom is -0.333 e. The van der Waals surface area contributed by atoms with Gasteiger partial charge in [0.15, 0.2) is 0 Å². The van der Waals surface area contributed by atoms with Gasteiger partial charge in [0, 0.05) is 13.5 Å². The zero-order chi connectivity index (χ0) is 11.7. The van der Waals surface area contributed by atoms with Crippen molar-refractivity contribution in [1.82, 2.24) is 0 Å². The van der Waals surface area contributed by atoms with E-state index in [1.807, 2.05) is 12.1 Å². The molecule has 0 aliphatic carbocycles. The number of fused-ring (bicyclic) bond motifs is 1. The molecular formula is C11H12N2O3. The number of amides is 1. The van der Waals surface area contributed by atoms with Gasteiger partial charge in [-0.05, 0) is 17.2 Å². The number of rotatable bonds is 2. The van der Waals surface area contributed by atoms with Crippen LogP contribution in [0.1, 0.15) is 18.1 Å². The van der Waals surface area contributed by atoms with Gasteiger partial charge in [0.05, 0.1) is 12.1 Å². The van der Waals surface area contributed by atoms with Crippen molar-refractivity contribution < 1.29 is 14.4 Å². The second kappa shape index (κ2) is 3.94. The van der Waals surface area contributed by atoms with E-state index < -0.39 is 5.97 Å². The maximum absolute atomic E-state index is 11.6. The SMILES string of the molecule is CC(=O)ON1C(=O)Cc2cc(CN)ccc21. The molecule has 1 aromatic carbocycles. The van der Waals surface area contributed by atoms with Crippen molar-refractivity contribution in [2.45, 2.75) is 19.9 Å². The predicted molar refractivity (Wildman–Crippen MR) is 57.3 cm³/mol. The third kappa shape index (κ3) is 1.77. The van der Waals surface area contributed by atoms with E-state index in [4.69, 9.17) is 10.6 Å². The smallest absolute Gasteiger partial charge is 0.330 e. The molecule has 0 saturated heterocycles. The highest BCUT2D eigenvalue weighted by Crippen LogP contribution is 2.29. The van der Waals surface area contributed by atoms with E-state index in [0.29, 0.717) is 12.2 Å². The van der Waals surface area contributed by atoms with Gasteiger partial charge in [0.1, 0.15) is 0 Å². The van der Waals surface area contributed by atoms with Crippen molar-refractivity contribution in [2.24, 2.45) is 5.73 Å². The predicted octanol–water partition coefficient (Wildman–Crippen LogP) is 0.512. The Morgan fingerprint density at radius 2 is 2.31 bits per heavy atom. The lowest BCUT2D eigenvalue weighted by Crippen LogP contribution is -2.28. The molecule has 0 radical (unpaired) electrons. The van der Waals surface area contributed by atoms with Crippen LogP contribution < -0.4 is 10.8 Å². The summed E-state index contributed by atoms with van der Waals surface area (Å²) in [5.41, 5.74) is 7.93. The maximum Gasteiger partial charge on any atom is 0.330 e. The minimum atomic E-state index is -0.510. The average Bonchev–Trinajstić information content (AvgIpc) is 2.54. The first-order valence-corrected chi connectivity index (χ1v) is 4.95. The lowest BCUT2D eigenvalue weighted by Gasteiger charge is -2.14. The van der Waals surface area contributed by atoms with Gasteiger partial charge in [0.25, 0.3) is 5.91 Å². The molecule has 2 N–H and O–H groups in total. The van der Waals surface area contributed by atoms with Crippen molar-refractivity contribution in [1.29, 1.82) is 0 Å². The summed E-state index contributed by atoms with van der Waals surface area (Å²) in [5, 5.41) is 1.04. The van der Waals surface area contributed by atoms with Gasteiger partial charge in [0.2, 0.25) is 0 Å². The first kappa shape index (κ1) is 10.6. The van der Waals surface area contributed by atoms with Gasteiger partial charge in [-0.25, -0.2) is 4.79 Å². The first-order valence-electron chi connectivity index (χ1n) is 4.95. The maximum atomic E-state index is 11.6. The lowest BCUT2D eigenvalue weighted by molar-refractivity contribution is -0.147. The molecule has 0 unspecified atom stereocenters. The minimum absolute atomic E-state index is 0.237.